The largest absolute Gasteiger partial charge is 0.497 e. The number of ether oxygens (including phenoxy) is 3. The van der Waals surface area contributed by atoms with Gasteiger partial charge in [0.2, 0.25) is 0 Å². The van der Waals surface area contributed by atoms with E-state index in [1.165, 1.54) is 0 Å². The number of urea groups is 1. The minimum atomic E-state index is -0.649. The molecule has 1 aliphatic rings. The van der Waals surface area contributed by atoms with Crippen LogP contribution in [0.4, 0.5) is 10.5 Å². The second-order valence-electron chi connectivity index (χ2n) is 8.60. The Balaban J connectivity index is 1.97. The molecular formula is C26H31N5O5. The summed E-state index contributed by atoms with van der Waals surface area (Å²) in [6.07, 6.45) is 0.662. The monoisotopic (exact) mass is 493 g/mol. The van der Waals surface area contributed by atoms with Gasteiger partial charge in [0.1, 0.15) is 11.2 Å². The lowest BCUT2D eigenvalue weighted by atomic mass is 9.97. The lowest BCUT2D eigenvalue weighted by molar-refractivity contribution is 0.248. The number of nitrogens with two attached hydrogens (primary N) is 1. The van der Waals surface area contributed by atoms with Gasteiger partial charge in [0.25, 0.3) is 0 Å². The van der Waals surface area contributed by atoms with Crippen LogP contribution in [0.25, 0.3) is 11.3 Å². The van der Waals surface area contributed by atoms with E-state index in [4.69, 9.17) is 24.9 Å². The van der Waals surface area contributed by atoms with E-state index in [0.29, 0.717) is 30.0 Å². The third kappa shape index (κ3) is 4.66. The summed E-state index contributed by atoms with van der Waals surface area (Å²) in [5, 5.41) is 2.55. The number of hydrogen-bond donors (Lipinski definition) is 2. The molecule has 4 rings (SSSR count). The van der Waals surface area contributed by atoms with Crippen LogP contribution in [0, 0.1) is 13.8 Å². The molecule has 0 atom stereocenters. The van der Waals surface area contributed by atoms with Gasteiger partial charge < -0.3 is 25.3 Å². The first-order chi connectivity index (χ1) is 17.3. The van der Waals surface area contributed by atoms with Crippen molar-refractivity contribution < 1.29 is 19.0 Å². The summed E-state index contributed by atoms with van der Waals surface area (Å²) in [7, 11) is 4.81. The Bertz CT molecular complexity index is 1430. The molecule has 0 unspecified atom stereocenters. The molecule has 2 heterocycles. The maximum atomic E-state index is 13.7. The molecule has 1 aliphatic heterocycles. The quantitative estimate of drug-likeness (QED) is 0.523. The molecule has 0 saturated carbocycles. The van der Waals surface area contributed by atoms with Crippen LogP contribution in [-0.2, 0) is 19.5 Å². The van der Waals surface area contributed by atoms with Crippen LogP contribution in [0.3, 0.4) is 0 Å². The van der Waals surface area contributed by atoms with Gasteiger partial charge in [-0.2, -0.15) is 0 Å². The fourth-order valence-electron chi connectivity index (χ4n) is 4.58. The second-order valence-corrected chi connectivity index (χ2v) is 8.60. The Labute approximate surface area is 208 Å². The summed E-state index contributed by atoms with van der Waals surface area (Å²) in [5.74, 6) is 1.97. The van der Waals surface area contributed by atoms with Gasteiger partial charge in [-0.3, -0.25) is 9.13 Å². The smallest absolute Gasteiger partial charge is 0.330 e. The van der Waals surface area contributed by atoms with Crippen molar-refractivity contribution >= 4 is 11.7 Å². The van der Waals surface area contributed by atoms with Crippen LogP contribution in [-0.4, -0.2) is 43.0 Å². The van der Waals surface area contributed by atoms with Crippen LogP contribution in [0.1, 0.15) is 16.7 Å². The molecule has 0 saturated heterocycles. The summed E-state index contributed by atoms with van der Waals surface area (Å²) >= 11 is 0. The highest BCUT2D eigenvalue weighted by Crippen LogP contribution is 2.37. The van der Waals surface area contributed by atoms with E-state index in [1.807, 2.05) is 44.2 Å². The molecule has 0 spiro atoms. The van der Waals surface area contributed by atoms with Gasteiger partial charge in [-0.15, -0.1) is 0 Å². The zero-order chi connectivity index (χ0) is 26.0. The molecule has 0 bridgehead atoms. The summed E-state index contributed by atoms with van der Waals surface area (Å²) in [6, 6.07) is 8.91. The number of amides is 2. The van der Waals surface area contributed by atoms with Gasteiger partial charge in [0.05, 0.1) is 32.7 Å². The minimum absolute atomic E-state index is 0.194. The second kappa shape index (κ2) is 10.2. The molecule has 36 heavy (non-hydrogen) atoms. The van der Waals surface area contributed by atoms with Crippen LogP contribution >= 0.6 is 0 Å². The summed E-state index contributed by atoms with van der Waals surface area (Å²) in [6.45, 7) is 4.81. The lowest BCUT2D eigenvalue weighted by Crippen LogP contribution is -2.44. The first-order valence-corrected chi connectivity index (χ1v) is 11.6. The highest BCUT2D eigenvalue weighted by atomic mass is 16.5. The predicted octanol–water partition coefficient (Wildman–Crippen LogP) is 2.42. The number of fused-ring (bicyclic) bond motifs is 3. The normalized spacial score (nSPS) is 12.5. The first kappa shape index (κ1) is 24.9. The van der Waals surface area contributed by atoms with Gasteiger partial charge in [0.15, 0.2) is 11.5 Å². The zero-order valence-electron chi connectivity index (χ0n) is 21.2. The topological polar surface area (TPSA) is 122 Å². The van der Waals surface area contributed by atoms with E-state index >= 15 is 0 Å². The van der Waals surface area contributed by atoms with Gasteiger partial charge in [-0.1, -0.05) is 0 Å². The standard InChI is InChI=1S/C26H31N5O5/c1-15-10-18(34-3)11-16(2)24(15)29-23-14-20-19-13-22(36-5)21(35-4)12-17(19)6-8-30(20)26(33)31(23)9-7-28-25(27)32/h10-14H,6-9H2,1-5H3,(H3,27,28,32). The third-order valence-corrected chi connectivity index (χ3v) is 6.35. The number of aromatic nitrogens is 2. The van der Waals surface area contributed by atoms with Crippen LogP contribution in [0.5, 0.6) is 17.2 Å². The van der Waals surface area contributed by atoms with Gasteiger partial charge in [-0.25, -0.2) is 14.6 Å². The Kier molecular flexibility index (Phi) is 7.05. The molecule has 190 valence electrons. The number of rotatable bonds is 7. The van der Waals surface area contributed by atoms with E-state index in [0.717, 1.165) is 39.4 Å². The molecule has 3 N–H and O–H groups in total. The average molecular weight is 494 g/mol. The maximum Gasteiger partial charge on any atom is 0.330 e. The number of hydrogen-bond acceptors (Lipinski definition) is 6. The summed E-state index contributed by atoms with van der Waals surface area (Å²) in [4.78, 5) is 29.9. The van der Waals surface area contributed by atoms with E-state index < -0.39 is 6.03 Å². The number of aryl methyl sites for hydroxylation is 3. The first-order valence-electron chi connectivity index (χ1n) is 11.6. The fourth-order valence-corrected chi connectivity index (χ4v) is 4.58. The molecule has 10 nitrogen and oxygen atoms in total. The van der Waals surface area contributed by atoms with Crippen molar-refractivity contribution in [3.05, 3.63) is 63.0 Å². The molecule has 0 radical (unpaired) electrons. The predicted molar refractivity (Wildman–Crippen MR) is 136 cm³/mol. The van der Waals surface area contributed by atoms with Crippen molar-refractivity contribution in [3.8, 4) is 28.5 Å². The number of carbonyl (C=O) groups excluding carboxylic acids is 1. The van der Waals surface area contributed by atoms with Crippen molar-refractivity contribution in [1.82, 2.24) is 14.5 Å². The fraction of sp³-hybridized carbons (Fsp3) is 0.346. The number of nitrogens with one attached hydrogen (secondary N) is 1. The van der Waals surface area contributed by atoms with Gasteiger partial charge >= 0.3 is 11.7 Å². The Morgan fingerprint density at radius 2 is 1.69 bits per heavy atom. The van der Waals surface area contributed by atoms with Gasteiger partial charge in [0, 0.05) is 31.3 Å². The van der Waals surface area contributed by atoms with Crippen LogP contribution in [0.2, 0.25) is 0 Å². The van der Waals surface area contributed by atoms with Crippen LogP contribution < -0.4 is 36.4 Å². The Morgan fingerprint density at radius 1 is 1.03 bits per heavy atom. The lowest BCUT2D eigenvalue weighted by Gasteiger charge is -2.24. The minimum Gasteiger partial charge on any atom is -0.497 e. The number of primary amides is 1. The molecule has 0 aliphatic carbocycles. The molecule has 3 aromatic rings. The summed E-state index contributed by atoms with van der Waals surface area (Å²) in [5.41, 5.74) is 10.8. The highest BCUT2D eigenvalue weighted by Gasteiger charge is 2.22. The number of carbonyl (C=O) groups is 1. The van der Waals surface area contributed by atoms with Crippen molar-refractivity contribution in [2.45, 2.75) is 33.4 Å². The maximum absolute atomic E-state index is 13.7. The highest BCUT2D eigenvalue weighted by molar-refractivity contribution is 5.71. The molecule has 2 aromatic carbocycles. The van der Waals surface area contributed by atoms with Crippen molar-refractivity contribution in [3.63, 3.8) is 0 Å². The molecule has 2 amide bonds. The number of nitrogens with zero attached hydrogens (tertiary/aromatic N) is 3. The zero-order valence-corrected chi connectivity index (χ0v) is 21.2. The Hall–Kier alpha value is -4.21. The molecule has 10 heteroatoms. The molecule has 0 fully saturated rings. The van der Waals surface area contributed by atoms with Crippen molar-refractivity contribution in [1.29, 1.82) is 0 Å². The van der Waals surface area contributed by atoms with Gasteiger partial charge in [-0.05, 0) is 61.2 Å². The van der Waals surface area contributed by atoms with E-state index in [2.05, 4.69) is 5.32 Å². The van der Waals surface area contributed by atoms with E-state index in [9.17, 15) is 9.59 Å². The number of benzene rings is 2. The van der Waals surface area contributed by atoms with Crippen molar-refractivity contribution in [2.24, 2.45) is 10.7 Å². The van der Waals surface area contributed by atoms with E-state index in [-0.39, 0.29) is 18.8 Å². The number of methoxy groups -OCH3 is 3. The summed E-state index contributed by atoms with van der Waals surface area (Å²) < 4.78 is 19.7. The Morgan fingerprint density at radius 3 is 2.31 bits per heavy atom. The molecule has 1 aromatic heterocycles. The van der Waals surface area contributed by atoms with Crippen LogP contribution in [0.15, 0.2) is 40.1 Å². The third-order valence-electron chi connectivity index (χ3n) is 6.35. The SMILES string of the molecule is COc1cc(C)c(N=c2cc3n(c(=O)n2CCNC(N)=O)CCc2cc(OC)c(OC)cc2-3)c(C)c1. The molecular weight excluding hydrogens is 462 g/mol. The average Bonchev–Trinajstić information content (AvgIpc) is 2.86. The van der Waals surface area contributed by atoms with Crippen molar-refractivity contribution in [2.75, 3.05) is 27.9 Å². The van der Waals surface area contributed by atoms with E-state index in [1.54, 1.807) is 30.5 Å².